The van der Waals surface area contributed by atoms with E-state index in [9.17, 15) is 9.59 Å². The standard InChI is InChI=1S/C15H19N3O3/c19-14-8-7-13(16-17-14)15(20)18(11-4-1-2-5-11)10-12-6-3-9-21-12/h3,6,9,11H,1-2,4-5,7-8,10H2,(H,17,19). The number of nitrogens with zero attached hydrogens (tertiary/aromatic N) is 2. The molecule has 1 aliphatic heterocycles. The molecule has 0 unspecified atom stereocenters. The lowest BCUT2D eigenvalue weighted by Crippen LogP contribution is -2.44. The van der Waals surface area contributed by atoms with Gasteiger partial charge in [0.1, 0.15) is 11.5 Å². The van der Waals surface area contributed by atoms with Crippen LogP contribution in [0.15, 0.2) is 27.9 Å². The summed E-state index contributed by atoms with van der Waals surface area (Å²) in [5.41, 5.74) is 2.83. The van der Waals surface area contributed by atoms with Gasteiger partial charge in [-0.1, -0.05) is 12.8 Å². The lowest BCUT2D eigenvalue weighted by atomic mass is 10.1. The van der Waals surface area contributed by atoms with Crippen LogP contribution in [0, 0.1) is 0 Å². The van der Waals surface area contributed by atoms with Crippen molar-refractivity contribution in [3.05, 3.63) is 24.2 Å². The van der Waals surface area contributed by atoms with E-state index in [-0.39, 0.29) is 17.9 Å². The van der Waals surface area contributed by atoms with Crippen LogP contribution in [-0.2, 0) is 16.1 Å². The van der Waals surface area contributed by atoms with E-state index in [1.165, 1.54) is 0 Å². The van der Waals surface area contributed by atoms with E-state index in [0.717, 1.165) is 31.4 Å². The minimum atomic E-state index is -0.134. The first-order valence-electron chi connectivity index (χ1n) is 7.43. The number of carbonyl (C=O) groups excluding carboxylic acids is 2. The Bertz CT molecular complexity index is 545. The van der Waals surface area contributed by atoms with Crippen LogP contribution in [0.2, 0.25) is 0 Å². The van der Waals surface area contributed by atoms with E-state index in [2.05, 4.69) is 10.5 Å². The second-order valence-electron chi connectivity index (χ2n) is 5.54. The first-order valence-corrected chi connectivity index (χ1v) is 7.43. The minimum Gasteiger partial charge on any atom is -0.467 e. The molecule has 3 rings (SSSR count). The number of hydrogen-bond donors (Lipinski definition) is 1. The quantitative estimate of drug-likeness (QED) is 0.918. The monoisotopic (exact) mass is 289 g/mol. The molecule has 21 heavy (non-hydrogen) atoms. The molecule has 112 valence electrons. The smallest absolute Gasteiger partial charge is 0.270 e. The van der Waals surface area contributed by atoms with Gasteiger partial charge in [-0.15, -0.1) is 0 Å². The fourth-order valence-corrected chi connectivity index (χ4v) is 2.95. The summed E-state index contributed by atoms with van der Waals surface area (Å²) >= 11 is 0. The van der Waals surface area contributed by atoms with Gasteiger partial charge in [0.2, 0.25) is 5.91 Å². The van der Waals surface area contributed by atoms with Crippen molar-refractivity contribution in [3.8, 4) is 0 Å². The molecule has 0 atom stereocenters. The first-order chi connectivity index (χ1) is 10.2. The topological polar surface area (TPSA) is 74.9 Å². The largest absolute Gasteiger partial charge is 0.467 e. The molecule has 0 radical (unpaired) electrons. The Morgan fingerprint density at radius 1 is 1.38 bits per heavy atom. The van der Waals surface area contributed by atoms with E-state index in [1.807, 2.05) is 17.0 Å². The second kappa shape index (κ2) is 6.11. The Morgan fingerprint density at radius 2 is 2.19 bits per heavy atom. The molecule has 1 saturated carbocycles. The van der Waals surface area contributed by atoms with Crippen LogP contribution in [0.25, 0.3) is 0 Å². The van der Waals surface area contributed by atoms with Crippen LogP contribution in [0.3, 0.4) is 0 Å². The third-order valence-corrected chi connectivity index (χ3v) is 4.08. The fourth-order valence-electron chi connectivity index (χ4n) is 2.95. The van der Waals surface area contributed by atoms with Gasteiger partial charge in [0.05, 0.1) is 12.8 Å². The highest BCUT2D eigenvalue weighted by atomic mass is 16.3. The summed E-state index contributed by atoms with van der Waals surface area (Å²) < 4.78 is 5.37. The maximum atomic E-state index is 12.7. The van der Waals surface area contributed by atoms with Crippen molar-refractivity contribution in [1.29, 1.82) is 0 Å². The highest BCUT2D eigenvalue weighted by Gasteiger charge is 2.31. The van der Waals surface area contributed by atoms with Gasteiger partial charge >= 0.3 is 0 Å². The third-order valence-electron chi connectivity index (χ3n) is 4.08. The van der Waals surface area contributed by atoms with Gasteiger partial charge in [0.15, 0.2) is 0 Å². The Hall–Kier alpha value is -2.11. The zero-order valence-corrected chi connectivity index (χ0v) is 11.9. The summed E-state index contributed by atoms with van der Waals surface area (Å²) in [6.07, 6.45) is 6.69. The summed E-state index contributed by atoms with van der Waals surface area (Å²) in [7, 11) is 0. The van der Waals surface area contributed by atoms with Gasteiger partial charge in [-0.25, -0.2) is 5.43 Å². The van der Waals surface area contributed by atoms with Gasteiger partial charge < -0.3 is 9.32 Å². The summed E-state index contributed by atoms with van der Waals surface area (Å²) in [5.74, 6) is 0.555. The lowest BCUT2D eigenvalue weighted by molar-refractivity contribution is -0.127. The maximum Gasteiger partial charge on any atom is 0.270 e. The molecule has 1 aromatic heterocycles. The molecule has 0 bridgehead atoms. The van der Waals surface area contributed by atoms with Gasteiger partial charge in [-0.2, -0.15) is 5.10 Å². The van der Waals surface area contributed by atoms with Gasteiger partial charge in [-0.05, 0) is 25.0 Å². The predicted octanol–water partition coefficient (Wildman–Crippen LogP) is 1.82. The number of carbonyl (C=O) groups is 2. The van der Waals surface area contributed by atoms with Crippen LogP contribution < -0.4 is 5.43 Å². The van der Waals surface area contributed by atoms with Gasteiger partial charge in [0, 0.05) is 18.9 Å². The summed E-state index contributed by atoms with van der Waals surface area (Å²) in [4.78, 5) is 25.7. The zero-order chi connectivity index (χ0) is 14.7. The third kappa shape index (κ3) is 3.15. The maximum absolute atomic E-state index is 12.7. The van der Waals surface area contributed by atoms with Crippen molar-refractivity contribution >= 4 is 17.5 Å². The Kier molecular flexibility index (Phi) is 4.03. The Balaban J connectivity index is 1.77. The molecule has 1 fully saturated rings. The molecule has 6 nitrogen and oxygen atoms in total. The van der Waals surface area contributed by atoms with E-state index in [4.69, 9.17) is 4.42 Å². The molecule has 6 heteroatoms. The Labute approximate surface area is 123 Å². The number of rotatable bonds is 4. The van der Waals surface area contributed by atoms with Crippen molar-refractivity contribution in [2.24, 2.45) is 5.10 Å². The van der Waals surface area contributed by atoms with E-state index >= 15 is 0 Å². The molecular weight excluding hydrogens is 270 g/mol. The number of amides is 2. The number of hydrogen-bond acceptors (Lipinski definition) is 4. The molecule has 1 aromatic rings. The zero-order valence-electron chi connectivity index (χ0n) is 11.9. The van der Waals surface area contributed by atoms with Crippen molar-refractivity contribution in [2.75, 3.05) is 0 Å². The van der Waals surface area contributed by atoms with Crippen LogP contribution in [0.1, 0.15) is 44.3 Å². The SMILES string of the molecule is O=C1CCC(C(=O)N(Cc2ccco2)C2CCCC2)=NN1. The van der Waals surface area contributed by atoms with Crippen LogP contribution in [-0.4, -0.2) is 28.5 Å². The van der Waals surface area contributed by atoms with E-state index in [1.54, 1.807) is 6.26 Å². The van der Waals surface area contributed by atoms with E-state index in [0.29, 0.717) is 25.1 Å². The fraction of sp³-hybridized carbons (Fsp3) is 0.533. The second-order valence-corrected chi connectivity index (χ2v) is 5.54. The first kappa shape index (κ1) is 13.9. The van der Waals surface area contributed by atoms with Crippen LogP contribution in [0.4, 0.5) is 0 Å². The average molecular weight is 289 g/mol. The Morgan fingerprint density at radius 3 is 2.81 bits per heavy atom. The molecule has 0 saturated heterocycles. The van der Waals surface area contributed by atoms with E-state index < -0.39 is 0 Å². The highest BCUT2D eigenvalue weighted by Crippen LogP contribution is 2.26. The molecule has 0 spiro atoms. The number of furan rings is 1. The van der Waals surface area contributed by atoms with Crippen molar-refractivity contribution in [3.63, 3.8) is 0 Å². The van der Waals surface area contributed by atoms with Crippen molar-refractivity contribution < 1.29 is 14.0 Å². The van der Waals surface area contributed by atoms with Crippen LogP contribution in [0.5, 0.6) is 0 Å². The normalized spacial score (nSPS) is 19.2. The molecule has 2 heterocycles. The minimum absolute atomic E-state index is 0.0849. The molecule has 0 aromatic carbocycles. The lowest BCUT2D eigenvalue weighted by Gasteiger charge is -2.29. The summed E-state index contributed by atoms with van der Waals surface area (Å²) in [6.45, 7) is 0.462. The van der Waals surface area contributed by atoms with Gasteiger partial charge in [0.25, 0.3) is 5.91 Å². The molecular formula is C15H19N3O3. The van der Waals surface area contributed by atoms with Crippen molar-refractivity contribution in [2.45, 2.75) is 51.1 Å². The number of nitrogens with one attached hydrogen (secondary N) is 1. The highest BCUT2D eigenvalue weighted by molar-refractivity contribution is 6.39. The predicted molar refractivity (Wildman–Crippen MR) is 76.3 cm³/mol. The van der Waals surface area contributed by atoms with Crippen LogP contribution >= 0.6 is 0 Å². The summed E-state index contributed by atoms with van der Waals surface area (Å²) in [6, 6.07) is 3.94. The van der Waals surface area contributed by atoms with Crippen molar-refractivity contribution in [1.82, 2.24) is 10.3 Å². The average Bonchev–Trinajstić information content (AvgIpc) is 3.18. The molecule has 2 aliphatic rings. The number of hydrazone groups is 1. The molecule has 2 amide bonds. The molecule has 1 N–H and O–H groups in total. The molecule has 1 aliphatic carbocycles. The van der Waals surface area contributed by atoms with Gasteiger partial charge in [-0.3, -0.25) is 9.59 Å². The summed E-state index contributed by atoms with van der Waals surface area (Å²) in [5, 5.41) is 3.93.